The number of rotatable bonds is 8. The lowest BCUT2D eigenvalue weighted by atomic mass is 9.69. The molecule has 1 aromatic carbocycles. The van der Waals surface area contributed by atoms with Crippen molar-refractivity contribution in [1.29, 1.82) is 0 Å². The van der Waals surface area contributed by atoms with Gasteiger partial charge in [-0.05, 0) is 72.3 Å². The Labute approximate surface area is 188 Å². The van der Waals surface area contributed by atoms with Crippen molar-refractivity contribution < 1.29 is 28.7 Å². The van der Waals surface area contributed by atoms with Crippen LogP contribution >= 0.6 is 15.2 Å². The van der Waals surface area contributed by atoms with Gasteiger partial charge >= 0.3 is 15.2 Å². The molecule has 4 N–H and O–H groups in total. The van der Waals surface area contributed by atoms with E-state index in [4.69, 9.17) is 0 Å². The molecular formula is C23H42O6P2. The van der Waals surface area contributed by atoms with Gasteiger partial charge in [0.1, 0.15) is 10.3 Å². The lowest BCUT2D eigenvalue weighted by molar-refractivity contribution is 0.231. The Morgan fingerprint density at radius 3 is 1.00 bits per heavy atom. The highest BCUT2D eigenvalue weighted by Gasteiger charge is 2.58. The smallest absolute Gasteiger partial charge is 0.324 e. The molecule has 0 aromatic heterocycles. The number of aryl methyl sites for hydroxylation is 2. The van der Waals surface area contributed by atoms with Crippen molar-refractivity contribution >= 4 is 15.2 Å². The Kier molecular flexibility index (Phi) is 8.33. The average Bonchev–Trinajstić information content (AvgIpc) is 2.50. The maximum atomic E-state index is 13.1. The van der Waals surface area contributed by atoms with E-state index in [0.717, 1.165) is 11.1 Å². The SMILES string of the molecule is Cc1cc(C)c(C(C(C)C)(C(C)C)P(=O)(O)O)c(C)c1C(C(C)C)(C(C)C)P(=O)(O)O. The molecule has 6 nitrogen and oxygen atoms in total. The fourth-order valence-corrected chi connectivity index (χ4v) is 10.5. The van der Waals surface area contributed by atoms with Gasteiger partial charge in [-0.15, -0.1) is 0 Å². The highest BCUT2D eigenvalue weighted by atomic mass is 31.2. The van der Waals surface area contributed by atoms with Crippen molar-refractivity contribution in [3.05, 3.63) is 33.9 Å². The van der Waals surface area contributed by atoms with Gasteiger partial charge < -0.3 is 19.6 Å². The second-order valence-electron chi connectivity index (χ2n) is 10.2. The maximum Gasteiger partial charge on any atom is 0.336 e. The minimum Gasteiger partial charge on any atom is -0.324 e. The average molecular weight is 477 g/mol. The van der Waals surface area contributed by atoms with Crippen LogP contribution in [0.1, 0.15) is 83.2 Å². The molecule has 8 heteroatoms. The highest BCUT2D eigenvalue weighted by molar-refractivity contribution is 7.53. The quantitative estimate of drug-likeness (QED) is 0.343. The lowest BCUT2D eigenvalue weighted by Crippen LogP contribution is -2.42. The first-order valence-corrected chi connectivity index (χ1v) is 14.2. The molecule has 0 aliphatic rings. The highest BCUT2D eigenvalue weighted by Crippen LogP contribution is 2.69. The predicted octanol–water partition coefficient (Wildman–Crippen LogP) is 5.98. The van der Waals surface area contributed by atoms with E-state index >= 15 is 0 Å². The van der Waals surface area contributed by atoms with Crippen LogP contribution in [0.3, 0.4) is 0 Å². The van der Waals surface area contributed by atoms with E-state index in [1.54, 1.807) is 62.3 Å². The summed E-state index contributed by atoms with van der Waals surface area (Å²) >= 11 is 0. The van der Waals surface area contributed by atoms with Gasteiger partial charge in [0.15, 0.2) is 0 Å². The zero-order valence-electron chi connectivity index (χ0n) is 20.9. The summed E-state index contributed by atoms with van der Waals surface area (Å²) in [4.78, 5) is 42.7. The molecule has 1 aromatic rings. The van der Waals surface area contributed by atoms with E-state index in [-0.39, 0.29) is 0 Å². The fraction of sp³-hybridized carbons (Fsp3) is 0.739. The van der Waals surface area contributed by atoms with Gasteiger partial charge in [0, 0.05) is 0 Å². The number of hydrogen-bond donors (Lipinski definition) is 4. The summed E-state index contributed by atoms with van der Waals surface area (Å²) in [5, 5.41) is -2.95. The third-order valence-corrected chi connectivity index (χ3v) is 11.7. The molecule has 0 saturated carbocycles. The molecule has 180 valence electrons. The Bertz CT molecular complexity index is 819. The second-order valence-corrected chi connectivity index (χ2v) is 13.9. The van der Waals surface area contributed by atoms with E-state index in [2.05, 4.69) is 0 Å². The lowest BCUT2D eigenvalue weighted by Gasteiger charge is -2.48. The van der Waals surface area contributed by atoms with Gasteiger partial charge in [-0.2, -0.15) is 0 Å². The Morgan fingerprint density at radius 1 is 0.613 bits per heavy atom. The first-order valence-electron chi connectivity index (χ1n) is 11.0. The summed E-state index contributed by atoms with van der Waals surface area (Å²) < 4.78 is 26.2. The van der Waals surface area contributed by atoms with Crippen LogP contribution in [0.5, 0.6) is 0 Å². The largest absolute Gasteiger partial charge is 0.336 e. The Hall–Kier alpha value is -0.480. The molecule has 0 radical (unpaired) electrons. The van der Waals surface area contributed by atoms with Gasteiger partial charge in [0.2, 0.25) is 0 Å². The summed E-state index contributed by atoms with van der Waals surface area (Å²) in [6, 6.07) is 1.84. The van der Waals surface area contributed by atoms with Crippen LogP contribution in [-0.4, -0.2) is 19.6 Å². The molecule has 0 bridgehead atoms. The van der Waals surface area contributed by atoms with Crippen molar-refractivity contribution in [2.45, 2.75) is 86.5 Å². The Morgan fingerprint density at radius 2 is 0.839 bits per heavy atom. The van der Waals surface area contributed by atoms with Crippen molar-refractivity contribution in [2.24, 2.45) is 23.7 Å². The molecule has 0 atom stereocenters. The summed E-state index contributed by atoms with van der Waals surface area (Å²) in [7, 11) is -9.33. The molecule has 1 rings (SSSR count). The van der Waals surface area contributed by atoms with Crippen molar-refractivity contribution in [3.63, 3.8) is 0 Å². The zero-order valence-corrected chi connectivity index (χ0v) is 22.7. The molecule has 0 heterocycles. The minimum absolute atomic E-state index is 0.399. The third-order valence-electron chi connectivity index (χ3n) is 7.26. The van der Waals surface area contributed by atoms with E-state index in [1.165, 1.54) is 0 Å². The summed E-state index contributed by atoms with van der Waals surface area (Å²) in [6.45, 7) is 19.9. The second kappa shape index (κ2) is 9.05. The normalized spacial score (nSPS) is 14.4. The first-order chi connectivity index (χ1) is 13.7. The van der Waals surface area contributed by atoms with Crippen LogP contribution in [0.15, 0.2) is 6.07 Å². The summed E-state index contributed by atoms with van der Waals surface area (Å²) in [6.07, 6.45) is 0. The van der Waals surface area contributed by atoms with Crippen molar-refractivity contribution in [1.82, 2.24) is 0 Å². The molecule has 0 fully saturated rings. The van der Waals surface area contributed by atoms with Gasteiger partial charge in [0.25, 0.3) is 0 Å². The molecule has 31 heavy (non-hydrogen) atoms. The molecule has 0 amide bonds. The van der Waals surface area contributed by atoms with Crippen LogP contribution in [0, 0.1) is 44.4 Å². The summed E-state index contributed by atoms with van der Waals surface area (Å²) in [5.41, 5.74) is 3.08. The van der Waals surface area contributed by atoms with E-state index < -0.39 is 49.2 Å². The molecule has 0 aliphatic heterocycles. The molecular weight excluding hydrogens is 434 g/mol. The third kappa shape index (κ3) is 4.14. The monoisotopic (exact) mass is 476 g/mol. The van der Waals surface area contributed by atoms with Gasteiger partial charge in [-0.3, -0.25) is 9.13 Å². The number of hydrogen-bond acceptors (Lipinski definition) is 2. The van der Waals surface area contributed by atoms with E-state index in [9.17, 15) is 28.7 Å². The Balaban J connectivity index is 4.46. The topological polar surface area (TPSA) is 115 Å². The van der Waals surface area contributed by atoms with Crippen LogP contribution in [-0.2, 0) is 19.4 Å². The molecule has 0 saturated heterocycles. The van der Waals surface area contributed by atoms with E-state index in [1.807, 2.05) is 19.9 Å². The minimum atomic E-state index is -4.66. The van der Waals surface area contributed by atoms with Crippen molar-refractivity contribution in [2.75, 3.05) is 0 Å². The van der Waals surface area contributed by atoms with Crippen LogP contribution in [0.2, 0.25) is 0 Å². The standard InChI is InChI=1S/C23H42O6P2/c1-13(2)22(14(3)4,30(24,25)26)20-17(9)12-18(10)21(19(20)11)23(15(5)6,16(7)8)31(27,28)29/h12-16H,1-11H3,(H2,24,25,26)(H2,27,28,29). The van der Waals surface area contributed by atoms with Crippen molar-refractivity contribution in [3.8, 4) is 0 Å². The first kappa shape index (κ1) is 28.6. The molecule has 0 aliphatic carbocycles. The van der Waals surface area contributed by atoms with Crippen LogP contribution < -0.4 is 0 Å². The predicted molar refractivity (Wildman–Crippen MR) is 127 cm³/mol. The molecule has 0 unspecified atom stereocenters. The van der Waals surface area contributed by atoms with Crippen LogP contribution in [0.4, 0.5) is 0 Å². The van der Waals surface area contributed by atoms with Crippen LogP contribution in [0.25, 0.3) is 0 Å². The van der Waals surface area contributed by atoms with Gasteiger partial charge in [0.05, 0.1) is 0 Å². The number of benzene rings is 1. The van der Waals surface area contributed by atoms with Gasteiger partial charge in [-0.25, -0.2) is 0 Å². The summed E-state index contributed by atoms with van der Waals surface area (Å²) in [5.74, 6) is -1.60. The fourth-order valence-electron chi connectivity index (χ4n) is 6.54. The van der Waals surface area contributed by atoms with Gasteiger partial charge in [-0.1, -0.05) is 61.5 Å². The zero-order chi connectivity index (χ0) is 24.9. The maximum absolute atomic E-state index is 13.1. The van der Waals surface area contributed by atoms with E-state index in [0.29, 0.717) is 16.7 Å². The molecule has 0 spiro atoms.